The summed E-state index contributed by atoms with van der Waals surface area (Å²) >= 11 is 12.6. The maximum atomic E-state index is 13.4. The van der Waals surface area contributed by atoms with Crippen molar-refractivity contribution >= 4 is 62.7 Å². The third-order valence-corrected chi connectivity index (χ3v) is 7.17. The number of hydrogen-bond donors (Lipinski definition) is 1. The minimum absolute atomic E-state index is 0.226. The number of fused-ring (bicyclic) bond motifs is 1. The Hall–Kier alpha value is -2.50. The molecule has 1 aliphatic heterocycles. The van der Waals surface area contributed by atoms with Gasteiger partial charge in [0.1, 0.15) is 21.6 Å². The van der Waals surface area contributed by atoms with Gasteiger partial charge in [0.05, 0.1) is 22.0 Å². The molecule has 188 valence electrons. The molecule has 2 aromatic heterocycles. The van der Waals surface area contributed by atoms with E-state index < -0.39 is 17.2 Å². The summed E-state index contributed by atoms with van der Waals surface area (Å²) in [5.41, 5.74) is 0.788. The number of nitrogens with zero attached hydrogens (tertiary/aromatic N) is 3. The molecule has 1 aromatic carbocycles. The van der Waals surface area contributed by atoms with Gasteiger partial charge in [0, 0.05) is 32.5 Å². The number of ether oxygens (including phenoxy) is 2. The van der Waals surface area contributed by atoms with Crippen molar-refractivity contribution in [1.82, 2.24) is 9.97 Å². The van der Waals surface area contributed by atoms with Crippen molar-refractivity contribution in [1.29, 1.82) is 0 Å². The quantitative estimate of drug-likeness (QED) is 0.340. The van der Waals surface area contributed by atoms with Crippen LogP contribution in [-0.4, -0.2) is 41.9 Å². The molecule has 35 heavy (non-hydrogen) atoms. The molecule has 0 spiro atoms. The van der Waals surface area contributed by atoms with E-state index in [9.17, 15) is 18.0 Å². The monoisotopic (exact) mass is 548 g/mol. The zero-order chi connectivity index (χ0) is 25.2. The van der Waals surface area contributed by atoms with E-state index in [0.29, 0.717) is 53.3 Å². The predicted octanol–water partition coefficient (Wildman–Crippen LogP) is 6.77. The lowest BCUT2D eigenvalue weighted by atomic mass is 10.1. The third kappa shape index (κ3) is 6.20. The van der Waals surface area contributed by atoms with Gasteiger partial charge >= 0.3 is 12.3 Å². The number of anilines is 2. The van der Waals surface area contributed by atoms with Crippen molar-refractivity contribution in [3.05, 3.63) is 44.8 Å². The number of nitrogens with one attached hydrogen (secondary N) is 1. The molecule has 7 nitrogen and oxygen atoms in total. The van der Waals surface area contributed by atoms with Crippen LogP contribution in [0.5, 0.6) is 0 Å². The van der Waals surface area contributed by atoms with Gasteiger partial charge in [0.15, 0.2) is 0 Å². The minimum Gasteiger partial charge on any atom is -0.435 e. The average molecular weight is 549 g/mol. The smallest absolute Gasteiger partial charge is 0.435 e. The van der Waals surface area contributed by atoms with E-state index >= 15 is 0 Å². The first-order valence-electron chi connectivity index (χ1n) is 10.8. The number of benzene rings is 1. The Labute approximate surface area is 213 Å². The van der Waals surface area contributed by atoms with Crippen LogP contribution in [0.25, 0.3) is 10.2 Å². The maximum absolute atomic E-state index is 13.4. The van der Waals surface area contributed by atoms with Crippen LogP contribution in [0.2, 0.25) is 10.0 Å². The molecule has 3 heterocycles. The van der Waals surface area contributed by atoms with Crippen molar-refractivity contribution in [2.45, 2.75) is 38.6 Å². The van der Waals surface area contributed by atoms with Gasteiger partial charge in [0.25, 0.3) is 0 Å². The topological polar surface area (TPSA) is 76.6 Å². The molecule has 0 saturated carbocycles. The van der Waals surface area contributed by atoms with Gasteiger partial charge in [0.2, 0.25) is 5.95 Å². The number of piperidine rings is 1. The first-order valence-corrected chi connectivity index (χ1v) is 12.4. The van der Waals surface area contributed by atoms with Crippen molar-refractivity contribution < 1.29 is 27.4 Å². The molecule has 0 amide bonds. The SMILES string of the molecule is CCOC(=O)OC1CCN(c2nc(NCc3ccc(Cl)c(Cl)c3)c3cc(C(F)(F)F)sc3n2)CC1. The summed E-state index contributed by atoms with van der Waals surface area (Å²) in [6, 6.07) is 6.15. The molecule has 0 bridgehead atoms. The molecule has 3 aromatic rings. The summed E-state index contributed by atoms with van der Waals surface area (Å²) in [5.74, 6) is 0.590. The molecule has 0 unspecified atom stereocenters. The number of carbonyl (C=O) groups excluding carboxylic acids is 1. The lowest BCUT2D eigenvalue weighted by Crippen LogP contribution is -2.39. The van der Waals surface area contributed by atoms with Gasteiger partial charge in [-0.05, 0) is 30.7 Å². The van der Waals surface area contributed by atoms with E-state index in [1.54, 1.807) is 25.1 Å². The van der Waals surface area contributed by atoms with Crippen LogP contribution in [0.1, 0.15) is 30.2 Å². The highest BCUT2D eigenvalue weighted by Crippen LogP contribution is 2.40. The highest BCUT2D eigenvalue weighted by molar-refractivity contribution is 7.18. The largest absolute Gasteiger partial charge is 0.508 e. The molecule has 4 rings (SSSR count). The summed E-state index contributed by atoms with van der Waals surface area (Å²) in [4.78, 5) is 21.9. The van der Waals surface area contributed by atoms with E-state index in [1.807, 2.05) is 4.90 Å². The lowest BCUT2D eigenvalue weighted by Gasteiger charge is -2.31. The summed E-state index contributed by atoms with van der Waals surface area (Å²) in [6.07, 6.45) is -4.47. The van der Waals surface area contributed by atoms with Crippen molar-refractivity contribution in [2.24, 2.45) is 0 Å². The van der Waals surface area contributed by atoms with Crippen LogP contribution in [0.3, 0.4) is 0 Å². The fourth-order valence-corrected chi connectivity index (χ4v) is 4.84. The molecular weight excluding hydrogens is 528 g/mol. The number of rotatable bonds is 6. The third-order valence-electron chi connectivity index (χ3n) is 5.35. The number of hydrogen-bond acceptors (Lipinski definition) is 8. The Kier molecular flexibility index (Phi) is 7.77. The minimum atomic E-state index is -4.49. The van der Waals surface area contributed by atoms with Crippen LogP contribution in [0.15, 0.2) is 24.3 Å². The first-order chi connectivity index (χ1) is 16.6. The second-order valence-electron chi connectivity index (χ2n) is 7.79. The zero-order valence-electron chi connectivity index (χ0n) is 18.5. The van der Waals surface area contributed by atoms with Gasteiger partial charge < -0.3 is 19.7 Å². The summed E-state index contributed by atoms with van der Waals surface area (Å²) in [5, 5.41) is 4.19. The average Bonchev–Trinajstić information content (AvgIpc) is 3.25. The van der Waals surface area contributed by atoms with Gasteiger partial charge in [-0.1, -0.05) is 29.3 Å². The van der Waals surface area contributed by atoms with Crippen molar-refractivity contribution in [3.63, 3.8) is 0 Å². The molecule has 1 fully saturated rings. The highest BCUT2D eigenvalue weighted by Gasteiger charge is 2.34. The first kappa shape index (κ1) is 25.6. The van der Waals surface area contributed by atoms with Crippen LogP contribution < -0.4 is 10.2 Å². The molecule has 0 aliphatic carbocycles. The second kappa shape index (κ2) is 10.6. The lowest BCUT2D eigenvalue weighted by molar-refractivity contribution is -0.134. The van der Waals surface area contributed by atoms with Crippen LogP contribution in [0, 0.1) is 0 Å². The highest BCUT2D eigenvalue weighted by atomic mass is 35.5. The molecule has 1 saturated heterocycles. The molecule has 13 heteroatoms. The molecule has 1 N–H and O–H groups in total. The molecule has 0 radical (unpaired) electrons. The van der Waals surface area contributed by atoms with Crippen LogP contribution >= 0.6 is 34.5 Å². The van der Waals surface area contributed by atoms with Crippen molar-refractivity contribution in [2.75, 3.05) is 29.9 Å². The fraction of sp³-hybridized carbons (Fsp3) is 0.409. The number of alkyl halides is 3. The Bertz CT molecular complexity index is 1220. The van der Waals surface area contributed by atoms with Gasteiger partial charge in [-0.2, -0.15) is 18.2 Å². The van der Waals surface area contributed by atoms with E-state index in [0.717, 1.165) is 11.6 Å². The Balaban J connectivity index is 1.57. The molecule has 0 atom stereocenters. The van der Waals surface area contributed by atoms with Crippen LogP contribution in [-0.2, 0) is 22.2 Å². The van der Waals surface area contributed by atoms with E-state index in [4.69, 9.17) is 32.7 Å². The van der Waals surface area contributed by atoms with Gasteiger partial charge in [-0.3, -0.25) is 0 Å². The maximum Gasteiger partial charge on any atom is 0.508 e. The number of halogens is 5. The summed E-state index contributed by atoms with van der Waals surface area (Å²) in [6.45, 7) is 3.14. The molecular formula is C22H21Cl2F3N4O3S. The standard InChI is InChI=1S/C22H21Cl2F3N4O3S/c1-2-33-21(32)34-13-5-7-31(8-6-13)20-29-18(28-11-12-3-4-15(23)16(24)9-12)14-10-17(22(25,26)27)35-19(14)30-20/h3-4,9-10,13H,2,5-8,11H2,1H3,(H,28,29,30). The summed E-state index contributed by atoms with van der Waals surface area (Å²) in [7, 11) is 0. The Morgan fingerprint density at radius 2 is 1.94 bits per heavy atom. The normalized spacial score (nSPS) is 14.9. The Morgan fingerprint density at radius 3 is 2.60 bits per heavy atom. The van der Waals surface area contributed by atoms with Gasteiger partial charge in [-0.15, -0.1) is 11.3 Å². The van der Waals surface area contributed by atoms with Crippen LogP contribution in [0.4, 0.5) is 29.7 Å². The second-order valence-corrected chi connectivity index (χ2v) is 9.63. The Morgan fingerprint density at radius 1 is 1.20 bits per heavy atom. The van der Waals surface area contributed by atoms with Crippen molar-refractivity contribution in [3.8, 4) is 0 Å². The number of aromatic nitrogens is 2. The van der Waals surface area contributed by atoms with Gasteiger partial charge in [-0.25, -0.2) is 9.78 Å². The summed E-state index contributed by atoms with van der Waals surface area (Å²) < 4.78 is 50.3. The van der Waals surface area contributed by atoms with E-state index in [2.05, 4.69) is 15.3 Å². The fourth-order valence-electron chi connectivity index (χ4n) is 3.62. The number of thiophene rings is 1. The van der Waals surface area contributed by atoms with E-state index in [1.165, 1.54) is 0 Å². The zero-order valence-corrected chi connectivity index (χ0v) is 20.8. The number of carbonyl (C=O) groups is 1. The van der Waals surface area contributed by atoms with E-state index in [-0.39, 0.29) is 35.3 Å². The predicted molar refractivity (Wildman–Crippen MR) is 130 cm³/mol. The molecule has 1 aliphatic rings.